The van der Waals surface area contributed by atoms with Gasteiger partial charge in [-0.05, 0) is 42.5 Å². The number of benzene rings is 2. The summed E-state index contributed by atoms with van der Waals surface area (Å²) in [6.07, 6.45) is 1.47. The van der Waals surface area contributed by atoms with E-state index in [0.29, 0.717) is 16.3 Å². The lowest BCUT2D eigenvalue weighted by atomic mass is 10.1. The summed E-state index contributed by atoms with van der Waals surface area (Å²) in [5.41, 5.74) is 3.59. The molecule has 2 aromatic rings. The predicted molar refractivity (Wildman–Crippen MR) is 103 cm³/mol. The van der Waals surface area contributed by atoms with Crippen LogP contribution in [0.25, 0.3) is 0 Å². The Morgan fingerprint density at radius 3 is 2.77 bits per heavy atom. The number of nitrogens with one attached hydrogen (secondary N) is 1. The Balaban J connectivity index is 1.62. The van der Waals surface area contributed by atoms with E-state index in [1.54, 1.807) is 41.3 Å². The number of hydrogen-bond acceptors (Lipinski definition) is 4. The maximum atomic E-state index is 12.3. The van der Waals surface area contributed by atoms with Crippen LogP contribution in [0, 0.1) is 5.92 Å². The SMILES string of the molecule is O=C(N/N=C\c1cc(Br)ccc1O)[C@@H]1CC(=O)N(c2ccc(Cl)cc2)C1. The molecular formula is C18H15BrClN3O3. The number of amides is 2. The molecule has 1 heterocycles. The van der Waals surface area contributed by atoms with Gasteiger partial charge in [0.2, 0.25) is 11.8 Å². The van der Waals surface area contributed by atoms with E-state index in [9.17, 15) is 14.7 Å². The normalized spacial score (nSPS) is 17.1. The highest BCUT2D eigenvalue weighted by Crippen LogP contribution is 2.26. The van der Waals surface area contributed by atoms with Crippen LogP contribution in [0.2, 0.25) is 5.02 Å². The van der Waals surface area contributed by atoms with Crippen LogP contribution in [0.15, 0.2) is 52.0 Å². The highest BCUT2D eigenvalue weighted by molar-refractivity contribution is 9.10. The van der Waals surface area contributed by atoms with Gasteiger partial charge >= 0.3 is 0 Å². The molecule has 0 unspecified atom stereocenters. The Kier molecular flexibility index (Phi) is 5.58. The summed E-state index contributed by atoms with van der Waals surface area (Å²) in [5.74, 6) is -0.913. The zero-order valence-corrected chi connectivity index (χ0v) is 15.9. The topological polar surface area (TPSA) is 82.0 Å². The van der Waals surface area contributed by atoms with Gasteiger partial charge in [-0.2, -0.15) is 5.10 Å². The minimum atomic E-state index is -0.494. The first-order chi connectivity index (χ1) is 12.4. The van der Waals surface area contributed by atoms with Gasteiger partial charge in [-0.15, -0.1) is 0 Å². The molecule has 0 spiro atoms. The van der Waals surface area contributed by atoms with Crippen molar-refractivity contribution in [3.63, 3.8) is 0 Å². The molecule has 2 aromatic carbocycles. The van der Waals surface area contributed by atoms with Gasteiger partial charge in [0, 0.05) is 33.7 Å². The molecule has 6 nitrogen and oxygen atoms in total. The van der Waals surface area contributed by atoms with E-state index in [-0.39, 0.29) is 30.5 Å². The van der Waals surface area contributed by atoms with Crippen molar-refractivity contribution in [3.05, 3.63) is 57.5 Å². The Labute approximate surface area is 163 Å². The third-order valence-corrected chi connectivity index (χ3v) is 4.75. The van der Waals surface area contributed by atoms with Gasteiger partial charge in [0.15, 0.2) is 0 Å². The van der Waals surface area contributed by atoms with E-state index < -0.39 is 5.92 Å². The Bertz CT molecular complexity index is 870. The van der Waals surface area contributed by atoms with E-state index in [4.69, 9.17) is 11.6 Å². The third kappa shape index (κ3) is 4.23. The average Bonchev–Trinajstić information content (AvgIpc) is 3.00. The second-order valence-electron chi connectivity index (χ2n) is 5.82. The summed E-state index contributed by atoms with van der Waals surface area (Å²) in [7, 11) is 0. The molecule has 0 saturated carbocycles. The van der Waals surface area contributed by atoms with Crippen molar-refractivity contribution in [3.8, 4) is 5.75 Å². The molecule has 2 N–H and O–H groups in total. The van der Waals surface area contributed by atoms with Gasteiger partial charge in [0.25, 0.3) is 0 Å². The summed E-state index contributed by atoms with van der Waals surface area (Å²) in [6, 6.07) is 11.8. The second kappa shape index (κ2) is 7.88. The van der Waals surface area contributed by atoms with Crippen molar-refractivity contribution in [2.45, 2.75) is 6.42 Å². The van der Waals surface area contributed by atoms with Crippen molar-refractivity contribution in [2.24, 2.45) is 11.0 Å². The maximum Gasteiger partial charge on any atom is 0.245 e. The van der Waals surface area contributed by atoms with E-state index in [1.807, 2.05) is 0 Å². The molecule has 1 atom stereocenters. The number of hydrazone groups is 1. The Morgan fingerprint density at radius 2 is 2.04 bits per heavy atom. The highest BCUT2D eigenvalue weighted by atomic mass is 79.9. The fraction of sp³-hybridized carbons (Fsp3) is 0.167. The number of phenols is 1. The number of halogens is 2. The minimum absolute atomic E-state index is 0.0520. The molecule has 2 amide bonds. The minimum Gasteiger partial charge on any atom is -0.507 e. The van der Waals surface area contributed by atoms with Crippen molar-refractivity contribution >= 4 is 51.2 Å². The van der Waals surface area contributed by atoms with Gasteiger partial charge in [0.1, 0.15) is 5.75 Å². The van der Waals surface area contributed by atoms with Gasteiger partial charge in [-0.3, -0.25) is 9.59 Å². The number of nitrogens with zero attached hydrogens (tertiary/aromatic N) is 2. The monoisotopic (exact) mass is 435 g/mol. The summed E-state index contributed by atoms with van der Waals surface area (Å²) in [5, 5.41) is 14.2. The van der Waals surface area contributed by atoms with Gasteiger partial charge in [-0.25, -0.2) is 5.43 Å². The lowest BCUT2D eigenvalue weighted by Gasteiger charge is -2.16. The van der Waals surface area contributed by atoms with Gasteiger partial charge < -0.3 is 10.0 Å². The van der Waals surface area contributed by atoms with Crippen LogP contribution in [0.5, 0.6) is 5.75 Å². The molecule has 0 aromatic heterocycles. The summed E-state index contributed by atoms with van der Waals surface area (Å²) >= 11 is 9.16. The number of hydrogen-bond donors (Lipinski definition) is 2. The van der Waals surface area contributed by atoms with Crippen LogP contribution >= 0.6 is 27.5 Å². The van der Waals surface area contributed by atoms with Gasteiger partial charge in [0.05, 0.1) is 12.1 Å². The van der Waals surface area contributed by atoms with E-state index in [1.165, 1.54) is 12.3 Å². The number of aromatic hydroxyl groups is 1. The Hall–Kier alpha value is -2.38. The molecule has 8 heteroatoms. The number of phenolic OH excluding ortho intramolecular Hbond substituents is 1. The van der Waals surface area contributed by atoms with Crippen LogP contribution in [0.3, 0.4) is 0 Å². The van der Waals surface area contributed by atoms with E-state index in [2.05, 4.69) is 26.5 Å². The number of anilines is 1. The predicted octanol–water partition coefficient (Wildman–Crippen LogP) is 3.31. The first-order valence-electron chi connectivity index (χ1n) is 7.81. The smallest absolute Gasteiger partial charge is 0.245 e. The van der Waals surface area contributed by atoms with Crippen LogP contribution in [0.1, 0.15) is 12.0 Å². The average molecular weight is 437 g/mol. The number of carbonyl (C=O) groups is 2. The summed E-state index contributed by atoms with van der Waals surface area (Å²) < 4.78 is 0.781. The van der Waals surface area contributed by atoms with Crippen molar-refractivity contribution < 1.29 is 14.7 Å². The van der Waals surface area contributed by atoms with Crippen molar-refractivity contribution in [1.82, 2.24) is 5.43 Å². The molecule has 26 heavy (non-hydrogen) atoms. The molecule has 0 bridgehead atoms. The first-order valence-corrected chi connectivity index (χ1v) is 8.98. The molecule has 134 valence electrons. The molecule has 0 radical (unpaired) electrons. The van der Waals surface area contributed by atoms with Crippen LogP contribution in [-0.2, 0) is 9.59 Å². The molecule has 1 aliphatic heterocycles. The lowest BCUT2D eigenvalue weighted by Crippen LogP contribution is -2.30. The molecular weight excluding hydrogens is 422 g/mol. The molecule has 0 aliphatic carbocycles. The largest absolute Gasteiger partial charge is 0.507 e. The molecule has 1 fully saturated rings. The van der Waals surface area contributed by atoms with Gasteiger partial charge in [-0.1, -0.05) is 27.5 Å². The third-order valence-electron chi connectivity index (χ3n) is 4.00. The zero-order chi connectivity index (χ0) is 18.7. The molecule has 1 saturated heterocycles. The Morgan fingerprint density at radius 1 is 1.31 bits per heavy atom. The van der Waals surface area contributed by atoms with Crippen LogP contribution in [-0.4, -0.2) is 29.7 Å². The van der Waals surface area contributed by atoms with Crippen LogP contribution < -0.4 is 10.3 Å². The van der Waals surface area contributed by atoms with Crippen molar-refractivity contribution in [1.29, 1.82) is 0 Å². The standard InChI is InChI=1S/C18H15BrClN3O3/c19-13-1-6-16(24)11(7-13)9-21-22-18(26)12-8-17(25)23(10-12)15-4-2-14(20)3-5-15/h1-7,9,12,24H,8,10H2,(H,22,26)/b21-9-/t12-/m1/s1. The summed E-state index contributed by atoms with van der Waals surface area (Å²) in [4.78, 5) is 26.0. The van der Waals surface area contributed by atoms with E-state index >= 15 is 0 Å². The van der Waals surface area contributed by atoms with Crippen LogP contribution in [0.4, 0.5) is 5.69 Å². The maximum absolute atomic E-state index is 12.3. The highest BCUT2D eigenvalue weighted by Gasteiger charge is 2.35. The number of carbonyl (C=O) groups excluding carboxylic acids is 2. The van der Waals surface area contributed by atoms with Crippen molar-refractivity contribution in [2.75, 3.05) is 11.4 Å². The fourth-order valence-corrected chi connectivity index (χ4v) is 3.14. The summed E-state index contributed by atoms with van der Waals surface area (Å²) in [6.45, 7) is 0.282. The molecule has 1 aliphatic rings. The van der Waals surface area contributed by atoms with E-state index in [0.717, 1.165) is 4.47 Å². The quantitative estimate of drug-likeness (QED) is 0.570. The fourth-order valence-electron chi connectivity index (χ4n) is 2.64. The lowest BCUT2D eigenvalue weighted by molar-refractivity contribution is -0.126. The second-order valence-corrected chi connectivity index (χ2v) is 7.17. The first kappa shape index (κ1) is 18.4. The molecule has 3 rings (SSSR count). The number of rotatable bonds is 4. The zero-order valence-electron chi connectivity index (χ0n) is 13.5.